The lowest BCUT2D eigenvalue weighted by Gasteiger charge is -2.19. The number of carbonyl (C=O) groups is 1. The largest absolute Gasteiger partial charge is 0.493 e. The van der Waals surface area contributed by atoms with Crippen molar-refractivity contribution < 1.29 is 14.3 Å². The van der Waals surface area contributed by atoms with Gasteiger partial charge in [0.25, 0.3) is 0 Å². The van der Waals surface area contributed by atoms with Gasteiger partial charge >= 0.3 is 0 Å². The van der Waals surface area contributed by atoms with E-state index >= 15 is 0 Å². The Kier molecular flexibility index (Phi) is 6.82. The van der Waals surface area contributed by atoms with Crippen LogP contribution in [0.2, 0.25) is 0 Å². The van der Waals surface area contributed by atoms with Gasteiger partial charge in [-0.1, -0.05) is 6.07 Å². The lowest BCUT2D eigenvalue weighted by molar-refractivity contribution is -0.121. The molecular formula is C24H27N3O3S. The summed E-state index contributed by atoms with van der Waals surface area (Å²) in [7, 11) is 1.64. The molecule has 1 amide bonds. The van der Waals surface area contributed by atoms with Gasteiger partial charge < -0.3 is 14.8 Å². The zero-order valence-corrected chi connectivity index (χ0v) is 18.7. The van der Waals surface area contributed by atoms with Gasteiger partial charge in [-0.25, -0.2) is 4.98 Å². The van der Waals surface area contributed by atoms with Crippen molar-refractivity contribution in [2.45, 2.75) is 51.2 Å². The fraction of sp³-hybridized carbons (Fsp3) is 0.375. The van der Waals surface area contributed by atoms with Crippen molar-refractivity contribution in [1.82, 2.24) is 15.3 Å². The van der Waals surface area contributed by atoms with E-state index in [2.05, 4.69) is 15.3 Å². The molecular weight excluding hydrogens is 410 g/mol. The lowest BCUT2D eigenvalue weighted by Crippen LogP contribution is -2.28. The summed E-state index contributed by atoms with van der Waals surface area (Å²) >= 11 is 1.52. The second kappa shape index (κ2) is 9.92. The van der Waals surface area contributed by atoms with Crippen molar-refractivity contribution in [3.63, 3.8) is 0 Å². The highest BCUT2D eigenvalue weighted by molar-refractivity contribution is 7.13. The summed E-state index contributed by atoms with van der Waals surface area (Å²) in [6.07, 6.45) is 8.64. The van der Waals surface area contributed by atoms with Gasteiger partial charge in [-0.05, 0) is 62.4 Å². The summed E-state index contributed by atoms with van der Waals surface area (Å²) in [4.78, 5) is 21.3. The Morgan fingerprint density at radius 2 is 2.10 bits per heavy atom. The first kappa shape index (κ1) is 21.3. The number of hydrogen-bond donors (Lipinski definition) is 1. The van der Waals surface area contributed by atoms with E-state index < -0.39 is 0 Å². The maximum Gasteiger partial charge on any atom is 0.226 e. The van der Waals surface area contributed by atoms with E-state index in [0.717, 1.165) is 40.4 Å². The van der Waals surface area contributed by atoms with E-state index in [0.29, 0.717) is 5.75 Å². The number of hydrogen-bond acceptors (Lipinski definition) is 6. The number of methoxy groups -OCH3 is 1. The topological polar surface area (TPSA) is 73.3 Å². The van der Waals surface area contributed by atoms with Crippen LogP contribution in [0, 0.1) is 0 Å². The molecule has 3 aromatic rings. The summed E-state index contributed by atoms with van der Waals surface area (Å²) in [6.45, 7) is 1.96. The number of nitrogens with one attached hydrogen (secondary N) is 1. The first-order valence-corrected chi connectivity index (χ1v) is 11.5. The molecule has 1 fully saturated rings. The first-order valence-electron chi connectivity index (χ1n) is 10.6. The molecule has 0 bridgehead atoms. The average molecular weight is 438 g/mol. The average Bonchev–Trinajstić information content (AvgIpc) is 3.47. The zero-order chi connectivity index (χ0) is 21.6. The van der Waals surface area contributed by atoms with E-state index in [1.165, 1.54) is 24.2 Å². The van der Waals surface area contributed by atoms with Crippen molar-refractivity contribution in [3.8, 4) is 22.1 Å². The molecule has 1 aromatic carbocycles. The molecule has 1 aliphatic rings. The molecule has 1 saturated carbocycles. The van der Waals surface area contributed by atoms with Crippen LogP contribution in [0.15, 0.2) is 48.1 Å². The van der Waals surface area contributed by atoms with Crippen LogP contribution in [0.4, 0.5) is 0 Å². The summed E-state index contributed by atoms with van der Waals surface area (Å²) in [5.74, 6) is 1.40. The van der Waals surface area contributed by atoms with Crippen LogP contribution >= 0.6 is 11.3 Å². The quantitative estimate of drug-likeness (QED) is 0.539. The predicted octanol–water partition coefficient (Wildman–Crippen LogP) is 4.96. The molecule has 0 aliphatic heterocycles. The second-order valence-corrected chi connectivity index (χ2v) is 8.64. The second-order valence-electron chi connectivity index (χ2n) is 7.79. The molecule has 4 rings (SSSR count). The third-order valence-corrected chi connectivity index (χ3v) is 6.40. The number of aromatic nitrogens is 2. The minimum absolute atomic E-state index is 0.0687. The van der Waals surface area contributed by atoms with Crippen LogP contribution in [0.5, 0.6) is 11.5 Å². The number of amides is 1. The SMILES string of the molecule is COc1cc(C(C)NC(=O)Cc2csc(-c3cccnc3)n2)ccc1OC1CCCC1. The molecule has 6 nitrogen and oxygen atoms in total. The van der Waals surface area contributed by atoms with E-state index in [1.807, 2.05) is 42.6 Å². The van der Waals surface area contributed by atoms with Gasteiger partial charge in [-0.2, -0.15) is 0 Å². The van der Waals surface area contributed by atoms with Gasteiger partial charge in [0.2, 0.25) is 5.91 Å². The molecule has 1 atom stereocenters. The van der Waals surface area contributed by atoms with E-state index in [-0.39, 0.29) is 24.5 Å². The fourth-order valence-corrected chi connectivity index (χ4v) is 4.60. The number of nitrogens with zero attached hydrogens (tertiary/aromatic N) is 2. The maximum atomic E-state index is 12.6. The summed E-state index contributed by atoms with van der Waals surface area (Å²) in [5, 5.41) is 5.84. The molecule has 1 unspecified atom stereocenters. The Morgan fingerprint density at radius 1 is 1.26 bits per heavy atom. The Bertz CT molecular complexity index is 1020. The van der Waals surface area contributed by atoms with Crippen molar-refractivity contribution >= 4 is 17.2 Å². The number of carbonyl (C=O) groups excluding carboxylic acids is 1. The summed E-state index contributed by atoms with van der Waals surface area (Å²) in [6, 6.07) is 9.56. The van der Waals surface area contributed by atoms with Crippen LogP contribution in [0.1, 0.15) is 49.9 Å². The number of ether oxygens (including phenoxy) is 2. The Labute approximate surface area is 186 Å². The maximum absolute atomic E-state index is 12.6. The molecule has 2 heterocycles. The highest BCUT2D eigenvalue weighted by Crippen LogP contribution is 2.33. The van der Waals surface area contributed by atoms with Crippen molar-refractivity contribution in [3.05, 3.63) is 59.4 Å². The van der Waals surface area contributed by atoms with Crippen LogP contribution in [0.25, 0.3) is 10.6 Å². The number of rotatable bonds is 8. The van der Waals surface area contributed by atoms with Crippen molar-refractivity contribution in [1.29, 1.82) is 0 Å². The molecule has 162 valence electrons. The third kappa shape index (κ3) is 5.41. The van der Waals surface area contributed by atoms with Crippen LogP contribution in [0.3, 0.4) is 0 Å². The summed E-state index contributed by atoms with van der Waals surface area (Å²) in [5.41, 5.74) is 2.68. The van der Waals surface area contributed by atoms with E-state index in [4.69, 9.17) is 9.47 Å². The Hall–Kier alpha value is -2.93. The highest BCUT2D eigenvalue weighted by atomic mass is 32.1. The Balaban J connectivity index is 1.36. The number of thiazole rings is 1. The molecule has 31 heavy (non-hydrogen) atoms. The van der Waals surface area contributed by atoms with E-state index in [1.54, 1.807) is 19.5 Å². The fourth-order valence-electron chi connectivity index (χ4n) is 3.79. The molecule has 7 heteroatoms. The van der Waals surface area contributed by atoms with E-state index in [9.17, 15) is 4.79 Å². The van der Waals surface area contributed by atoms with Crippen LogP contribution in [-0.4, -0.2) is 29.1 Å². The lowest BCUT2D eigenvalue weighted by atomic mass is 10.1. The molecule has 0 spiro atoms. The Morgan fingerprint density at radius 3 is 2.84 bits per heavy atom. The molecule has 1 N–H and O–H groups in total. The highest BCUT2D eigenvalue weighted by Gasteiger charge is 2.20. The van der Waals surface area contributed by atoms with Crippen molar-refractivity contribution in [2.24, 2.45) is 0 Å². The van der Waals surface area contributed by atoms with Crippen LogP contribution < -0.4 is 14.8 Å². The third-order valence-electron chi connectivity index (χ3n) is 5.46. The normalized spacial score (nSPS) is 14.9. The van der Waals surface area contributed by atoms with Gasteiger partial charge in [0.1, 0.15) is 5.01 Å². The minimum atomic E-state index is -0.154. The molecule has 1 aliphatic carbocycles. The van der Waals surface area contributed by atoms with Gasteiger partial charge in [0, 0.05) is 23.3 Å². The van der Waals surface area contributed by atoms with Gasteiger partial charge in [0.15, 0.2) is 11.5 Å². The van der Waals surface area contributed by atoms with Gasteiger partial charge in [-0.3, -0.25) is 9.78 Å². The van der Waals surface area contributed by atoms with Crippen molar-refractivity contribution in [2.75, 3.05) is 7.11 Å². The summed E-state index contributed by atoms with van der Waals surface area (Å²) < 4.78 is 11.6. The standard InChI is InChI=1S/C24H27N3O3S/c1-16(17-9-10-21(22(12-17)29-2)30-20-7-3-4-8-20)26-23(28)13-19-15-31-24(27-19)18-6-5-11-25-14-18/h5-6,9-12,14-16,20H,3-4,7-8,13H2,1-2H3,(H,26,28). The van der Waals surface area contributed by atoms with Gasteiger partial charge in [-0.15, -0.1) is 11.3 Å². The molecule has 2 aromatic heterocycles. The zero-order valence-electron chi connectivity index (χ0n) is 17.8. The molecule has 0 radical (unpaired) electrons. The molecule has 0 saturated heterocycles. The first-order chi connectivity index (χ1) is 15.1. The number of benzene rings is 1. The number of pyridine rings is 1. The minimum Gasteiger partial charge on any atom is -0.493 e. The smallest absolute Gasteiger partial charge is 0.226 e. The van der Waals surface area contributed by atoms with Crippen LogP contribution in [-0.2, 0) is 11.2 Å². The van der Waals surface area contributed by atoms with Gasteiger partial charge in [0.05, 0.1) is 31.4 Å². The predicted molar refractivity (Wildman–Crippen MR) is 121 cm³/mol. The monoisotopic (exact) mass is 437 g/mol.